The maximum absolute atomic E-state index is 12.2. The Kier molecular flexibility index (Phi) is 4.57. The Balaban J connectivity index is 1.43. The third-order valence-corrected chi connectivity index (χ3v) is 5.07. The van der Waals surface area contributed by atoms with Gasteiger partial charge in [0.25, 0.3) is 0 Å². The van der Waals surface area contributed by atoms with Gasteiger partial charge in [-0.15, -0.1) is 11.8 Å². The number of hydrogen-bond donors (Lipinski definition) is 1. The maximum Gasteiger partial charge on any atom is 0.233 e. The number of piperazine rings is 1. The van der Waals surface area contributed by atoms with Crippen molar-refractivity contribution in [3.63, 3.8) is 0 Å². The third kappa shape index (κ3) is 3.74. The Labute approximate surface area is 134 Å². The molecule has 3 rings (SSSR count). The van der Waals surface area contributed by atoms with Gasteiger partial charge < -0.3 is 14.9 Å². The zero-order valence-corrected chi connectivity index (χ0v) is 13.2. The Morgan fingerprint density at radius 1 is 1.05 bits per heavy atom. The predicted octanol–water partition coefficient (Wildman–Crippen LogP) is 1.57. The van der Waals surface area contributed by atoms with Crippen molar-refractivity contribution < 1.29 is 14.7 Å². The van der Waals surface area contributed by atoms with E-state index in [0.29, 0.717) is 31.9 Å². The molecule has 2 aliphatic rings. The highest BCUT2D eigenvalue weighted by atomic mass is 32.2. The van der Waals surface area contributed by atoms with Gasteiger partial charge in [0.15, 0.2) is 0 Å². The summed E-state index contributed by atoms with van der Waals surface area (Å²) in [6, 6.07) is 6.85. The van der Waals surface area contributed by atoms with Crippen molar-refractivity contribution >= 4 is 23.6 Å². The van der Waals surface area contributed by atoms with Crippen molar-refractivity contribution in [3.8, 4) is 5.75 Å². The van der Waals surface area contributed by atoms with E-state index in [4.69, 9.17) is 0 Å². The maximum atomic E-state index is 12.2. The molecule has 1 aliphatic heterocycles. The molecule has 5 nitrogen and oxygen atoms in total. The molecule has 22 heavy (non-hydrogen) atoms. The lowest BCUT2D eigenvalue weighted by Crippen LogP contribution is -2.51. The van der Waals surface area contributed by atoms with Gasteiger partial charge in [0.1, 0.15) is 5.75 Å². The quantitative estimate of drug-likeness (QED) is 0.856. The van der Waals surface area contributed by atoms with Crippen LogP contribution in [0, 0.1) is 5.92 Å². The highest BCUT2D eigenvalue weighted by molar-refractivity contribution is 8.00. The van der Waals surface area contributed by atoms with Crippen LogP contribution < -0.4 is 0 Å². The van der Waals surface area contributed by atoms with Crippen LogP contribution in [0.4, 0.5) is 0 Å². The van der Waals surface area contributed by atoms with Crippen molar-refractivity contribution in [3.05, 3.63) is 24.3 Å². The number of hydrogen-bond acceptors (Lipinski definition) is 4. The molecule has 0 bridgehead atoms. The van der Waals surface area contributed by atoms with E-state index >= 15 is 0 Å². The minimum atomic E-state index is 0.108. The van der Waals surface area contributed by atoms with Crippen LogP contribution >= 0.6 is 11.8 Å². The van der Waals surface area contributed by atoms with Crippen molar-refractivity contribution in [2.45, 2.75) is 17.7 Å². The summed E-state index contributed by atoms with van der Waals surface area (Å²) in [5, 5.41) is 9.23. The number of thioether (sulfide) groups is 1. The highest BCUT2D eigenvalue weighted by Gasteiger charge is 2.35. The summed E-state index contributed by atoms with van der Waals surface area (Å²) in [5.74, 6) is 1.25. The molecule has 0 unspecified atom stereocenters. The molecule has 1 N–H and O–H groups in total. The van der Waals surface area contributed by atoms with E-state index in [1.54, 1.807) is 24.3 Å². The molecule has 1 saturated carbocycles. The third-order valence-electron chi connectivity index (χ3n) is 4.07. The smallest absolute Gasteiger partial charge is 0.233 e. The number of aromatic hydroxyl groups is 1. The lowest BCUT2D eigenvalue weighted by atomic mass is 10.2. The second kappa shape index (κ2) is 6.60. The van der Waals surface area contributed by atoms with Crippen molar-refractivity contribution in [1.29, 1.82) is 0 Å². The summed E-state index contributed by atoms with van der Waals surface area (Å²) in [6.45, 7) is 2.58. The van der Waals surface area contributed by atoms with Crippen LogP contribution in [0.3, 0.4) is 0 Å². The molecular formula is C16H20N2O3S. The standard InChI is InChI=1S/C16H20N2O3S/c19-13-3-5-14(6-4-13)22-11-15(20)17-7-9-18(10-8-17)16(21)12-1-2-12/h3-6,12,19H,1-2,7-11H2. The largest absolute Gasteiger partial charge is 0.508 e. The molecule has 0 atom stereocenters. The molecule has 0 spiro atoms. The predicted molar refractivity (Wildman–Crippen MR) is 84.7 cm³/mol. The molecule has 1 heterocycles. The van der Waals surface area contributed by atoms with Gasteiger partial charge in [-0.2, -0.15) is 0 Å². The summed E-state index contributed by atoms with van der Waals surface area (Å²) in [5.41, 5.74) is 0. The number of nitrogens with zero attached hydrogens (tertiary/aromatic N) is 2. The van der Waals surface area contributed by atoms with E-state index in [1.165, 1.54) is 11.8 Å². The number of phenols is 1. The Morgan fingerprint density at radius 3 is 2.23 bits per heavy atom. The van der Waals surface area contributed by atoms with Crippen LogP contribution in [0.2, 0.25) is 0 Å². The SMILES string of the molecule is O=C(CSc1ccc(O)cc1)N1CCN(C(=O)C2CC2)CC1. The van der Waals surface area contributed by atoms with E-state index in [2.05, 4.69) is 0 Å². The molecule has 6 heteroatoms. The number of carbonyl (C=O) groups is 2. The first-order valence-electron chi connectivity index (χ1n) is 7.62. The van der Waals surface area contributed by atoms with Crippen LogP contribution in [0.5, 0.6) is 5.75 Å². The normalized spacial score (nSPS) is 18.4. The molecule has 2 fully saturated rings. The second-order valence-corrected chi connectivity index (χ2v) is 6.81. The van der Waals surface area contributed by atoms with Crippen LogP contribution in [0.25, 0.3) is 0 Å². The van der Waals surface area contributed by atoms with E-state index in [1.807, 2.05) is 9.80 Å². The Morgan fingerprint density at radius 2 is 1.64 bits per heavy atom. The molecule has 0 radical (unpaired) electrons. The average Bonchev–Trinajstić information content (AvgIpc) is 3.38. The fourth-order valence-electron chi connectivity index (χ4n) is 2.54. The van der Waals surface area contributed by atoms with Crippen molar-refractivity contribution in [1.82, 2.24) is 9.80 Å². The summed E-state index contributed by atoms with van der Waals surface area (Å²) in [4.78, 5) is 28.9. The topological polar surface area (TPSA) is 60.9 Å². The number of carbonyl (C=O) groups excluding carboxylic acids is 2. The van der Waals surface area contributed by atoms with Gasteiger partial charge in [0, 0.05) is 37.0 Å². The summed E-state index contributed by atoms with van der Waals surface area (Å²) in [7, 11) is 0. The number of rotatable bonds is 4. The number of phenolic OH excluding ortho intramolecular Hbond substituents is 1. The second-order valence-electron chi connectivity index (χ2n) is 5.76. The zero-order chi connectivity index (χ0) is 15.5. The first-order chi connectivity index (χ1) is 10.6. The lowest BCUT2D eigenvalue weighted by molar-refractivity contribution is -0.139. The highest BCUT2D eigenvalue weighted by Crippen LogP contribution is 2.31. The Bertz CT molecular complexity index is 549. The molecule has 1 aliphatic carbocycles. The van der Waals surface area contributed by atoms with Gasteiger partial charge in [-0.05, 0) is 37.1 Å². The average molecular weight is 320 g/mol. The molecule has 1 aromatic carbocycles. The lowest BCUT2D eigenvalue weighted by Gasteiger charge is -2.34. The van der Waals surface area contributed by atoms with Gasteiger partial charge in [-0.1, -0.05) is 0 Å². The fourth-order valence-corrected chi connectivity index (χ4v) is 3.34. The van der Waals surface area contributed by atoms with Gasteiger partial charge >= 0.3 is 0 Å². The molecule has 2 amide bonds. The van der Waals surface area contributed by atoms with E-state index < -0.39 is 0 Å². The molecule has 0 aromatic heterocycles. The molecular weight excluding hydrogens is 300 g/mol. The fraction of sp³-hybridized carbons (Fsp3) is 0.500. The monoisotopic (exact) mass is 320 g/mol. The van der Waals surface area contributed by atoms with Gasteiger partial charge in [0.05, 0.1) is 5.75 Å². The van der Waals surface area contributed by atoms with Gasteiger partial charge in [-0.25, -0.2) is 0 Å². The van der Waals surface area contributed by atoms with Crippen LogP contribution in [0.1, 0.15) is 12.8 Å². The number of benzene rings is 1. The van der Waals surface area contributed by atoms with Crippen molar-refractivity contribution in [2.75, 3.05) is 31.9 Å². The molecule has 1 aromatic rings. The van der Waals surface area contributed by atoms with Gasteiger partial charge in [-0.3, -0.25) is 9.59 Å². The number of amides is 2. The van der Waals surface area contributed by atoms with E-state index in [-0.39, 0.29) is 23.5 Å². The molecule has 118 valence electrons. The van der Waals surface area contributed by atoms with Crippen molar-refractivity contribution in [2.24, 2.45) is 5.92 Å². The van der Waals surface area contributed by atoms with Gasteiger partial charge in [0.2, 0.25) is 11.8 Å². The zero-order valence-electron chi connectivity index (χ0n) is 12.4. The minimum absolute atomic E-state index is 0.108. The summed E-state index contributed by atoms with van der Waals surface area (Å²) < 4.78 is 0. The Hall–Kier alpha value is -1.69. The van der Waals surface area contributed by atoms with E-state index in [0.717, 1.165) is 17.7 Å². The summed E-state index contributed by atoms with van der Waals surface area (Å²) >= 11 is 1.47. The summed E-state index contributed by atoms with van der Waals surface area (Å²) in [6.07, 6.45) is 2.06. The minimum Gasteiger partial charge on any atom is -0.508 e. The first-order valence-corrected chi connectivity index (χ1v) is 8.60. The van der Waals surface area contributed by atoms with E-state index in [9.17, 15) is 14.7 Å². The van der Waals surface area contributed by atoms with Crippen LogP contribution in [0.15, 0.2) is 29.2 Å². The first kappa shape index (κ1) is 15.2. The van der Waals surface area contributed by atoms with Crippen LogP contribution in [-0.2, 0) is 9.59 Å². The molecule has 1 saturated heterocycles. The van der Waals surface area contributed by atoms with Crippen LogP contribution in [-0.4, -0.2) is 58.7 Å².